The molecule has 0 spiro atoms. The van der Waals surface area contributed by atoms with E-state index in [1.165, 1.54) is 0 Å². The van der Waals surface area contributed by atoms with E-state index in [1.807, 2.05) is 32.0 Å². The van der Waals surface area contributed by atoms with E-state index < -0.39 is 0 Å². The van der Waals surface area contributed by atoms with E-state index in [1.54, 1.807) is 17.4 Å². The van der Waals surface area contributed by atoms with Gasteiger partial charge in [0.25, 0.3) is 11.8 Å². The molecule has 7 heteroatoms. The Bertz CT molecular complexity index is 819. The fraction of sp³-hybridized carbons (Fsp3) is 0.143. The van der Waals surface area contributed by atoms with E-state index in [0.29, 0.717) is 10.9 Å². The smallest absolute Gasteiger partial charge is 0.259 e. The summed E-state index contributed by atoms with van der Waals surface area (Å²) in [5.41, 5.74) is 0.787. The van der Waals surface area contributed by atoms with Crippen LogP contribution < -0.4 is 0 Å². The zero-order valence-electron chi connectivity index (χ0n) is 11.2. The van der Waals surface area contributed by atoms with Crippen molar-refractivity contribution in [2.24, 2.45) is 0 Å². The molecule has 3 rings (SSSR count). The molecule has 0 aliphatic rings. The first-order chi connectivity index (χ1) is 10.0. The van der Waals surface area contributed by atoms with Crippen molar-refractivity contribution in [2.45, 2.75) is 13.8 Å². The van der Waals surface area contributed by atoms with Crippen molar-refractivity contribution < 1.29 is 8.83 Å². The molecule has 3 aromatic rings. The third-order valence-corrected chi connectivity index (χ3v) is 4.61. The lowest BCUT2D eigenvalue weighted by atomic mass is 10.2. The topological polar surface area (TPSA) is 52.1 Å². The lowest BCUT2D eigenvalue weighted by molar-refractivity contribution is 0.502. The molecule has 0 N–H and O–H groups in total. The molecular formula is C14H10BrClN2O2S. The summed E-state index contributed by atoms with van der Waals surface area (Å²) in [6.45, 7) is 3.72. The number of nitrogens with zero attached hydrogens (tertiary/aromatic N) is 2. The number of hydrogen-bond acceptors (Lipinski definition) is 5. The summed E-state index contributed by atoms with van der Waals surface area (Å²) >= 11 is 11.2. The molecule has 0 bridgehead atoms. The standard InChI is InChI=1S/C14H10BrClN2O2S/c1-7-5-10(8(2)19-7)13-17-18-14(20-13)11(16)6-9-3-4-12(15)21-9/h3-6H,1-2H3/b11-6-. The highest BCUT2D eigenvalue weighted by Crippen LogP contribution is 2.30. The number of halogens is 2. The maximum absolute atomic E-state index is 6.23. The van der Waals surface area contributed by atoms with Crippen molar-refractivity contribution in [3.8, 4) is 11.5 Å². The van der Waals surface area contributed by atoms with Crippen LogP contribution in [0.3, 0.4) is 0 Å². The Hall–Kier alpha value is -1.37. The lowest BCUT2D eigenvalue weighted by Crippen LogP contribution is -1.76. The molecule has 0 aromatic carbocycles. The minimum Gasteiger partial charge on any atom is -0.466 e. The van der Waals surface area contributed by atoms with Crippen LogP contribution in [0.4, 0.5) is 0 Å². The van der Waals surface area contributed by atoms with Gasteiger partial charge in [-0.1, -0.05) is 11.6 Å². The number of aromatic nitrogens is 2. The molecule has 0 unspecified atom stereocenters. The minimum atomic E-state index is 0.287. The zero-order chi connectivity index (χ0) is 15.0. The Labute approximate surface area is 138 Å². The molecule has 0 amide bonds. The fourth-order valence-electron chi connectivity index (χ4n) is 1.86. The third kappa shape index (κ3) is 3.12. The number of aryl methyl sites for hydroxylation is 2. The van der Waals surface area contributed by atoms with Gasteiger partial charge in [-0.2, -0.15) is 0 Å². The summed E-state index contributed by atoms with van der Waals surface area (Å²) in [5, 5.41) is 8.40. The van der Waals surface area contributed by atoms with Crippen LogP contribution >= 0.6 is 38.9 Å². The van der Waals surface area contributed by atoms with Gasteiger partial charge in [0.05, 0.1) is 9.35 Å². The van der Waals surface area contributed by atoms with Gasteiger partial charge in [0.15, 0.2) is 0 Å². The van der Waals surface area contributed by atoms with E-state index >= 15 is 0 Å². The highest BCUT2D eigenvalue weighted by atomic mass is 79.9. The summed E-state index contributed by atoms with van der Waals surface area (Å²) in [6, 6.07) is 5.77. The average molecular weight is 386 g/mol. The maximum atomic E-state index is 6.23. The summed E-state index contributed by atoms with van der Waals surface area (Å²) in [6.07, 6.45) is 1.79. The zero-order valence-corrected chi connectivity index (χ0v) is 14.3. The van der Waals surface area contributed by atoms with Crippen LogP contribution in [-0.4, -0.2) is 10.2 Å². The number of furan rings is 1. The predicted molar refractivity (Wildman–Crippen MR) is 87.2 cm³/mol. The van der Waals surface area contributed by atoms with Gasteiger partial charge >= 0.3 is 0 Å². The van der Waals surface area contributed by atoms with Crippen LogP contribution in [0.5, 0.6) is 0 Å². The van der Waals surface area contributed by atoms with Crippen molar-refractivity contribution in [1.29, 1.82) is 0 Å². The highest BCUT2D eigenvalue weighted by molar-refractivity contribution is 9.11. The predicted octanol–water partition coefficient (Wildman–Crippen LogP) is 5.51. The van der Waals surface area contributed by atoms with Crippen LogP contribution in [0.15, 0.2) is 30.8 Å². The van der Waals surface area contributed by atoms with Crippen molar-refractivity contribution in [1.82, 2.24) is 10.2 Å². The first-order valence-electron chi connectivity index (χ1n) is 6.07. The van der Waals surface area contributed by atoms with E-state index in [2.05, 4.69) is 26.1 Å². The Kier molecular flexibility index (Phi) is 4.01. The Morgan fingerprint density at radius 3 is 2.71 bits per heavy atom. The molecule has 3 heterocycles. The number of thiophene rings is 1. The molecule has 3 aromatic heterocycles. The molecule has 0 radical (unpaired) electrons. The third-order valence-electron chi connectivity index (χ3n) is 2.76. The second-order valence-corrected chi connectivity index (χ2v) is 7.28. The van der Waals surface area contributed by atoms with Crippen molar-refractivity contribution in [3.05, 3.63) is 44.3 Å². The molecule has 4 nitrogen and oxygen atoms in total. The van der Waals surface area contributed by atoms with Gasteiger partial charge in [-0.3, -0.25) is 0 Å². The van der Waals surface area contributed by atoms with Gasteiger partial charge in [0, 0.05) is 4.88 Å². The van der Waals surface area contributed by atoms with Crippen LogP contribution in [-0.2, 0) is 0 Å². The first kappa shape index (κ1) is 14.6. The normalized spacial score (nSPS) is 12.1. The van der Waals surface area contributed by atoms with Gasteiger partial charge < -0.3 is 8.83 Å². The minimum absolute atomic E-state index is 0.287. The highest BCUT2D eigenvalue weighted by Gasteiger charge is 2.16. The van der Waals surface area contributed by atoms with Gasteiger partial charge in [-0.05, 0) is 54.1 Å². The summed E-state index contributed by atoms with van der Waals surface area (Å²) in [7, 11) is 0. The molecule has 108 valence electrons. The molecule has 0 saturated heterocycles. The molecule has 0 saturated carbocycles. The van der Waals surface area contributed by atoms with Crippen LogP contribution in [0.25, 0.3) is 22.6 Å². The SMILES string of the molecule is Cc1cc(-c2nnc(/C(Cl)=C/c3ccc(Br)s3)o2)c(C)o1. The van der Waals surface area contributed by atoms with Crippen molar-refractivity contribution >= 4 is 50.0 Å². The largest absolute Gasteiger partial charge is 0.466 e. The van der Waals surface area contributed by atoms with E-state index in [-0.39, 0.29) is 5.89 Å². The molecule has 0 aliphatic carbocycles. The average Bonchev–Trinajstić information content (AvgIpc) is 3.10. The van der Waals surface area contributed by atoms with E-state index in [0.717, 1.165) is 25.7 Å². The molecule has 21 heavy (non-hydrogen) atoms. The molecular weight excluding hydrogens is 376 g/mol. The summed E-state index contributed by atoms with van der Waals surface area (Å²) in [5.74, 6) is 2.23. The first-order valence-corrected chi connectivity index (χ1v) is 8.05. The molecule has 0 aliphatic heterocycles. The van der Waals surface area contributed by atoms with Crippen molar-refractivity contribution in [3.63, 3.8) is 0 Å². The maximum Gasteiger partial charge on any atom is 0.259 e. The second-order valence-electron chi connectivity index (χ2n) is 4.37. The second kappa shape index (κ2) is 5.79. The van der Waals surface area contributed by atoms with Crippen LogP contribution in [0, 0.1) is 13.8 Å². The summed E-state index contributed by atoms with van der Waals surface area (Å²) < 4.78 is 12.1. The van der Waals surface area contributed by atoms with E-state index in [4.69, 9.17) is 20.4 Å². The Morgan fingerprint density at radius 2 is 2.10 bits per heavy atom. The van der Waals surface area contributed by atoms with Crippen LogP contribution in [0.2, 0.25) is 0 Å². The van der Waals surface area contributed by atoms with Crippen molar-refractivity contribution in [2.75, 3.05) is 0 Å². The fourth-order valence-corrected chi connectivity index (χ4v) is 3.49. The Balaban J connectivity index is 1.91. The monoisotopic (exact) mass is 384 g/mol. The quantitative estimate of drug-likeness (QED) is 0.596. The summed E-state index contributed by atoms with van der Waals surface area (Å²) in [4.78, 5) is 1.00. The van der Waals surface area contributed by atoms with E-state index in [9.17, 15) is 0 Å². The lowest BCUT2D eigenvalue weighted by Gasteiger charge is -1.91. The number of rotatable bonds is 3. The number of hydrogen-bond donors (Lipinski definition) is 0. The molecule has 0 fully saturated rings. The van der Waals surface area contributed by atoms with Gasteiger partial charge in [-0.15, -0.1) is 21.5 Å². The molecule has 0 atom stereocenters. The Morgan fingerprint density at radius 1 is 1.29 bits per heavy atom. The van der Waals surface area contributed by atoms with Crippen LogP contribution in [0.1, 0.15) is 22.3 Å². The van der Waals surface area contributed by atoms with Gasteiger partial charge in [0.1, 0.15) is 16.6 Å². The van der Waals surface area contributed by atoms with Gasteiger partial charge in [-0.25, -0.2) is 0 Å². The van der Waals surface area contributed by atoms with Gasteiger partial charge in [0.2, 0.25) is 0 Å².